The van der Waals surface area contributed by atoms with Crippen LogP contribution in [-0.4, -0.2) is 19.1 Å². The Bertz CT molecular complexity index is 691. The second-order valence-corrected chi connectivity index (χ2v) is 5.17. The van der Waals surface area contributed by atoms with E-state index in [1.54, 1.807) is 24.3 Å². The highest BCUT2D eigenvalue weighted by atomic mass is 19.1. The second kappa shape index (κ2) is 9.30. The predicted molar refractivity (Wildman–Crippen MR) is 94.3 cm³/mol. The fourth-order valence-electron chi connectivity index (χ4n) is 2.04. The summed E-state index contributed by atoms with van der Waals surface area (Å²) in [6.07, 6.45) is 5.58. The summed E-state index contributed by atoms with van der Waals surface area (Å²) >= 11 is 0. The number of hydrogen-bond donors (Lipinski definition) is 1. The van der Waals surface area contributed by atoms with Crippen LogP contribution >= 0.6 is 0 Å². The van der Waals surface area contributed by atoms with Crippen LogP contribution in [0.2, 0.25) is 0 Å². The van der Waals surface area contributed by atoms with Crippen LogP contribution in [0.25, 0.3) is 6.08 Å². The molecule has 0 aromatic heterocycles. The Balaban J connectivity index is 1.75. The average Bonchev–Trinajstić information content (AvgIpc) is 2.61. The highest BCUT2D eigenvalue weighted by Gasteiger charge is 1.98. The maximum absolute atomic E-state index is 12.8. The van der Waals surface area contributed by atoms with Crippen LogP contribution in [0.3, 0.4) is 0 Å². The van der Waals surface area contributed by atoms with E-state index >= 15 is 0 Å². The van der Waals surface area contributed by atoms with Crippen molar-refractivity contribution in [3.63, 3.8) is 0 Å². The summed E-state index contributed by atoms with van der Waals surface area (Å²) in [5, 5.41) is 2.80. The van der Waals surface area contributed by atoms with E-state index < -0.39 is 0 Å². The van der Waals surface area contributed by atoms with Gasteiger partial charge in [-0.1, -0.05) is 36.9 Å². The molecule has 0 bridgehead atoms. The Kier molecular flexibility index (Phi) is 6.77. The van der Waals surface area contributed by atoms with Gasteiger partial charge in [0.25, 0.3) is 0 Å². The van der Waals surface area contributed by atoms with Gasteiger partial charge >= 0.3 is 0 Å². The van der Waals surface area contributed by atoms with Crippen molar-refractivity contribution in [3.8, 4) is 5.75 Å². The number of rotatable bonds is 8. The van der Waals surface area contributed by atoms with Crippen LogP contribution in [0.4, 0.5) is 4.39 Å². The Labute approximate surface area is 141 Å². The van der Waals surface area contributed by atoms with Crippen LogP contribution in [0, 0.1) is 5.82 Å². The van der Waals surface area contributed by atoms with E-state index in [2.05, 4.69) is 11.9 Å². The summed E-state index contributed by atoms with van der Waals surface area (Å²) in [5.74, 6) is 0.339. The molecular formula is C20H20FNO2. The molecule has 0 heterocycles. The lowest BCUT2D eigenvalue weighted by Crippen LogP contribution is -2.23. The van der Waals surface area contributed by atoms with Gasteiger partial charge in [0.2, 0.25) is 5.91 Å². The lowest BCUT2D eigenvalue weighted by molar-refractivity contribution is -0.116. The normalized spacial score (nSPS) is 10.5. The lowest BCUT2D eigenvalue weighted by Gasteiger charge is -2.03. The fourth-order valence-corrected chi connectivity index (χ4v) is 2.04. The van der Waals surface area contributed by atoms with Crippen LogP contribution in [0.5, 0.6) is 5.75 Å². The van der Waals surface area contributed by atoms with Gasteiger partial charge in [-0.25, -0.2) is 4.39 Å². The van der Waals surface area contributed by atoms with Gasteiger partial charge in [0, 0.05) is 12.6 Å². The Morgan fingerprint density at radius 3 is 2.50 bits per heavy atom. The number of amides is 1. The van der Waals surface area contributed by atoms with Crippen molar-refractivity contribution in [2.75, 3.05) is 13.2 Å². The van der Waals surface area contributed by atoms with Gasteiger partial charge in [-0.15, -0.1) is 0 Å². The van der Waals surface area contributed by atoms with Gasteiger partial charge in [-0.05, 0) is 47.9 Å². The zero-order valence-electron chi connectivity index (χ0n) is 13.4. The second-order valence-electron chi connectivity index (χ2n) is 5.17. The van der Waals surface area contributed by atoms with Gasteiger partial charge in [0.15, 0.2) is 0 Å². The third-order valence-electron chi connectivity index (χ3n) is 3.30. The zero-order chi connectivity index (χ0) is 17.2. The molecule has 4 heteroatoms. The van der Waals surface area contributed by atoms with Gasteiger partial charge in [-0.3, -0.25) is 4.79 Å². The number of benzene rings is 2. The number of nitrogens with one attached hydrogen (secondary N) is 1. The zero-order valence-corrected chi connectivity index (χ0v) is 13.4. The van der Waals surface area contributed by atoms with Crippen LogP contribution in [0.15, 0.2) is 67.3 Å². The highest BCUT2D eigenvalue weighted by molar-refractivity contribution is 5.91. The summed E-state index contributed by atoms with van der Waals surface area (Å²) in [7, 11) is 0. The van der Waals surface area contributed by atoms with E-state index in [4.69, 9.17) is 4.74 Å². The molecule has 0 fully saturated rings. The molecule has 1 N–H and O–H groups in total. The molecule has 24 heavy (non-hydrogen) atoms. The molecule has 3 nitrogen and oxygen atoms in total. The average molecular weight is 325 g/mol. The van der Waals surface area contributed by atoms with Gasteiger partial charge in [-0.2, -0.15) is 0 Å². The molecule has 2 rings (SSSR count). The van der Waals surface area contributed by atoms with E-state index in [9.17, 15) is 9.18 Å². The smallest absolute Gasteiger partial charge is 0.244 e. The summed E-state index contributed by atoms with van der Waals surface area (Å²) in [4.78, 5) is 11.8. The standard InChI is InChI=1S/C20H20FNO2/c1-2-15-24-19-10-5-16(6-11-19)7-12-20(23)22-14-13-17-3-8-18(21)9-4-17/h2-12H,1,13-15H2,(H,22,23)/b12-7+. The molecule has 0 aliphatic rings. The highest BCUT2D eigenvalue weighted by Crippen LogP contribution is 2.13. The van der Waals surface area contributed by atoms with Crippen molar-refractivity contribution in [3.05, 3.63) is 84.2 Å². The maximum Gasteiger partial charge on any atom is 0.244 e. The Morgan fingerprint density at radius 2 is 1.83 bits per heavy atom. The fraction of sp³-hybridized carbons (Fsp3) is 0.150. The van der Waals surface area contributed by atoms with Gasteiger partial charge in [0.1, 0.15) is 18.2 Å². The molecule has 0 saturated carbocycles. The topological polar surface area (TPSA) is 38.3 Å². The van der Waals surface area contributed by atoms with E-state index in [1.165, 1.54) is 18.2 Å². The molecule has 2 aromatic rings. The molecule has 0 spiro atoms. The summed E-state index contributed by atoms with van der Waals surface area (Å²) in [5.41, 5.74) is 1.89. The molecule has 0 saturated heterocycles. The predicted octanol–water partition coefficient (Wildman–Crippen LogP) is 3.76. The molecule has 0 aliphatic carbocycles. The monoisotopic (exact) mass is 325 g/mol. The first-order valence-corrected chi connectivity index (χ1v) is 7.71. The first-order valence-electron chi connectivity index (χ1n) is 7.71. The number of halogens is 1. The molecule has 1 amide bonds. The first kappa shape index (κ1) is 17.5. The van der Waals surface area contributed by atoms with E-state index in [0.29, 0.717) is 19.6 Å². The van der Waals surface area contributed by atoms with Crippen molar-refractivity contribution in [1.82, 2.24) is 5.32 Å². The minimum absolute atomic E-state index is 0.163. The van der Waals surface area contributed by atoms with Crippen LogP contribution in [0.1, 0.15) is 11.1 Å². The van der Waals surface area contributed by atoms with Crippen molar-refractivity contribution in [2.24, 2.45) is 0 Å². The number of carbonyl (C=O) groups is 1. The van der Waals surface area contributed by atoms with Crippen LogP contribution in [-0.2, 0) is 11.2 Å². The van der Waals surface area contributed by atoms with Crippen molar-refractivity contribution in [1.29, 1.82) is 0 Å². The summed E-state index contributed by atoms with van der Waals surface area (Å²) < 4.78 is 18.2. The number of carbonyl (C=O) groups excluding carboxylic acids is 1. The van der Waals surface area contributed by atoms with Crippen molar-refractivity contribution in [2.45, 2.75) is 6.42 Å². The maximum atomic E-state index is 12.8. The largest absolute Gasteiger partial charge is 0.490 e. The van der Waals surface area contributed by atoms with E-state index in [0.717, 1.165) is 16.9 Å². The lowest BCUT2D eigenvalue weighted by atomic mass is 10.1. The third kappa shape index (κ3) is 6.08. The SMILES string of the molecule is C=CCOc1ccc(/C=C/C(=O)NCCc2ccc(F)cc2)cc1. The molecule has 124 valence electrons. The third-order valence-corrected chi connectivity index (χ3v) is 3.30. The summed E-state index contributed by atoms with van der Waals surface area (Å²) in [6.45, 7) is 4.56. The Morgan fingerprint density at radius 1 is 1.12 bits per heavy atom. The molecule has 2 aromatic carbocycles. The van der Waals surface area contributed by atoms with E-state index in [1.807, 2.05) is 24.3 Å². The minimum atomic E-state index is -0.258. The molecule has 0 aliphatic heterocycles. The first-order chi connectivity index (χ1) is 11.7. The van der Waals surface area contributed by atoms with Crippen LogP contribution < -0.4 is 10.1 Å². The molecule has 0 unspecified atom stereocenters. The van der Waals surface area contributed by atoms with Gasteiger partial charge in [0.05, 0.1) is 0 Å². The number of ether oxygens (including phenoxy) is 1. The summed E-state index contributed by atoms with van der Waals surface area (Å²) in [6, 6.07) is 13.7. The quantitative estimate of drug-likeness (QED) is 0.593. The molecule has 0 radical (unpaired) electrons. The van der Waals surface area contributed by atoms with Gasteiger partial charge < -0.3 is 10.1 Å². The van der Waals surface area contributed by atoms with Crippen molar-refractivity contribution >= 4 is 12.0 Å². The molecule has 0 atom stereocenters. The Hall–Kier alpha value is -2.88. The molecular weight excluding hydrogens is 305 g/mol. The van der Waals surface area contributed by atoms with Crippen molar-refractivity contribution < 1.29 is 13.9 Å². The van der Waals surface area contributed by atoms with E-state index in [-0.39, 0.29) is 11.7 Å². The number of hydrogen-bond acceptors (Lipinski definition) is 2. The minimum Gasteiger partial charge on any atom is -0.490 e.